The highest BCUT2D eigenvalue weighted by Crippen LogP contribution is 2.09. The van der Waals surface area contributed by atoms with Crippen molar-refractivity contribution in [1.82, 2.24) is 10.2 Å². The van der Waals surface area contributed by atoms with E-state index in [-0.39, 0.29) is 0 Å². The van der Waals surface area contributed by atoms with Crippen molar-refractivity contribution in [1.29, 1.82) is 0 Å². The summed E-state index contributed by atoms with van der Waals surface area (Å²) < 4.78 is 4.97. The van der Waals surface area contributed by atoms with Crippen LogP contribution < -0.4 is 0 Å². The monoisotopic (exact) mass is 130 g/mol. The first-order valence-electron chi connectivity index (χ1n) is 2.17. The van der Waals surface area contributed by atoms with Gasteiger partial charge in [0.25, 0.3) is 5.22 Å². The fourth-order valence-corrected chi connectivity index (χ4v) is 0.687. The van der Waals surface area contributed by atoms with Crippen LogP contribution in [0.5, 0.6) is 0 Å². The SMILES string of the molecule is CSc1nnc(C)o1. The van der Waals surface area contributed by atoms with E-state index in [1.165, 1.54) is 11.8 Å². The average Bonchev–Trinajstić information content (AvgIpc) is 2.14. The first-order chi connectivity index (χ1) is 3.83. The van der Waals surface area contributed by atoms with Crippen molar-refractivity contribution in [2.45, 2.75) is 12.1 Å². The van der Waals surface area contributed by atoms with Gasteiger partial charge in [0.15, 0.2) is 0 Å². The number of hydrogen-bond acceptors (Lipinski definition) is 4. The van der Waals surface area contributed by atoms with E-state index in [0.717, 1.165) is 0 Å². The maximum atomic E-state index is 4.97. The van der Waals surface area contributed by atoms with Gasteiger partial charge >= 0.3 is 0 Å². The van der Waals surface area contributed by atoms with E-state index in [2.05, 4.69) is 10.2 Å². The molecule has 0 amide bonds. The Morgan fingerprint density at radius 1 is 1.50 bits per heavy atom. The van der Waals surface area contributed by atoms with Gasteiger partial charge in [0, 0.05) is 6.92 Å². The van der Waals surface area contributed by atoms with Gasteiger partial charge < -0.3 is 4.42 Å². The van der Waals surface area contributed by atoms with E-state index in [1.54, 1.807) is 6.92 Å². The van der Waals surface area contributed by atoms with Gasteiger partial charge in [-0.1, -0.05) is 11.8 Å². The van der Waals surface area contributed by atoms with E-state index in [1.807, 2.05) is 6.26 Å². The van der Waals surface area contributed by atoms with Gasteiger partial charge in [0.1, 0.15) is 0 Å². The summed E-state index contributed by atoms with van der Waals surface area (Å²) in [6, 6.07) is 0. The first-order valence-corrected chi connectivity index (χ1v) is 3.39. The third kappa shape index (κ3) is 1.01. The van der Waals surface area contributed by atoms with E-state index in [0.29, 0.717) is 11.1 Å². The Labute approximate surface area is 51.5 Å². The quantitative estimate of drug-likeness (QED) is 0.533. The molecular weight excluding hydrogens is 124 g/mol. The van der Waals surface area contributed by atoms with Crippen LogP contribution in [0, 0.1) is 6.92 Å². The Balaban J connectivity index is 2.84. The lowest BCUT2D eigenvalue weighted by Gasteiger charge is -1.77. The molecule has 0 aromatic carbocycles. The molecule has 3 nitrogen and oxygen atoms in total. The van der Waals surface area contributed by atoms with Crippen molar-refractivity contribution >= 4 is 11.8 Å². The van der Waals surface area contributed by atoms with E-state index in [9.17, 15) is 0 Å². The van der Waals surface area contributed by atoms with Crippen LogP contribution in [0.4, 0.5) is 0 Å². The highest BCUT2D eigenvalue weighted by molar-refractivity contribution is 7.98. The largest absolute Gasteiger partial charge is 0.416 e. The first kappa shape index (κ1) is 5.62. The van der Waals surface area contributed by atoms with Crippen molar-refractivity contribution in [3.05, 3.63) is 5.89 Å². The zero-order valence-electron chi connectivity index (χ0n) is 4.71. The highest BCUT2D eigenvalue weighted by atomic mass is 32.2. The van der Waals surface area contributed by atoms with E-state index < -0.39 is 0 Å². The molecule has 1 aromatic rings. The molecule has 0 bridgehead atoms. The molecule has 0 saturated heterocycles. The predicted molar refractivity (Wildman–Crippen MR) is 30.8 cm³/mol. The van der Waals surface area contributed by atoms with Crippen molar-refractivity contribution in [3.63, 3.8) is 0 Å². The van der Waals surface area contributed by atoms with Gasteiger partial charge in [-0.3, -0.25) is 0 Å². The van der Waals surface area contributed by atoms with Crippen LogP contribution in [0.25, 0.3) is 0 Å². The summed E-state index contributed by atoms with van der Waals surface area (Å²) in [5.41, 5.74) is 0. The van der Waals surface area contributed by atoms with Gasteiger partial charge in [-0.15, -0.1) is 10.2 Å². The van der Waals surface area contributed by atoms with Gasteiger partial charge in [0.05, 0.1) is 0 Å². The highest BCUT2D eigenvalue weighted by Gasteiger charge is 1.95. The molecule has 0 atom stereocenters. The molecule has 1 heterocycles. The lowest BCUT2D eigenvalue weighted by atomic mass is 10.8. The second-order valence-electron chi connectivity index (χ2n) is 1.29. The standard InChI is InChI=1S/C4H6N2OS/c1-3-5-6-4(7-3)8-2/h1-2H3. The number of aryl methyl sites for hydroxylation is 1. The second kappa shape index (κ2) is 2.17. The molecule has 44 valence electrons. The second-order valence-corrected chi connectivity index (χ2v) is 2.05. The molecule has 0 fully saturated rings. The fraction of sp³-hybridized carbons (Fsp3) is 0.500. The molecular formula is C4H6N2OS. The maximum Gasteiger partial charge on any atom is 0.276 e. The number of hydrogen-bond donors (Lipinski definition) is 0. The molecule has 0 spiro atoms. The zero-order valence-corrected chi connectivity index (χ0v) is 5.53. The predicted octanol–water partition coefficient (Wildman–Crippen LogP) is 1.10. The van der Waals surface area contributed by atoms with Crippen LogP contribution in [0.3, 0.4) is 0 Å². The zero-order chi connectivity index (χ0) is 5.98. The summed E-state index contributed by atoms with van der Waals surface area (Å²) in [7, 11) is 0. The van der Waals surface area contributed by atoms with Crippen LogP contribution in [0.2, 0.25) is 0 Å². The van der Waals surface area contributed by atoms with Gasteiger partial charge in [0.2, 0.25) is 5.89 Å². The molecule has 8 heavy (non-hydrogen) atoms. The van der Waals surface area contributed by atoms with E-state index >= 15 is 0 Å². The lowest BCUT2D eigenvalue weighted by molar-refractivity contribution is 0.430. The number of rotatable bonds is 1. The van der Waals surface area contributed by atoms with Crippen LogP contribution in [0.1, 0.15) is 5.89 Å². The fourth-order valence-electron chi connectivity index (χ4n) is 0.361. The van der Waals surface area contributed by atoms with Crippen LogP contribution in [-0.2, 0) is 0 Å². The minimum Gasteiger partial charge on any atom is -0.416 e. The minimum atomic E-state index is 0.620. The van der Waals surface area contributed by atoms with Gasteiger partial charge in [-0.25, -0.2) is 0 Å². The molecule has 0 saturated carbocycles. The summed E-state index contributed by atoms with van der Waals surface area (Å²) in [5.74, 6) is 0.620. The number of aromatic nitrogens is 2. The Bertz CT molecular complexity index is 174. The smallest absolute Gasteiger partial charge is 0.276 e. The summed E-state index contributed by atoms with van der Waals surface area (Å²) in [5, 5.41) is 7.96. The Hall–Kier alpha value is -0.510. The summed E-state index contributed by atoms with van der Waals surface area (Å²) in [6.45, 7) is 1.77. The van der Waals surface area contributed by atoms with E-state index in [4.69, 9.17) is 4.42 Å². The molecule has 1 rings (SSSR count). The topological polar surface area (TPSA) is 38.9 Å². The Morgan fingerprint density at radius 2 is 2.25 bits per heavy atom. The molecule has 0 aliphatic rings. The normalized spacial score (nSPS) is 9.75. The third-order valence-electron chi connectivity index (χ3n) is 0.682. The van der Waals surface area contributed by atoms with Crippen molar-refractivity contribution in [2.24, 2.45) is 0 Å². The summed E-state index contributed by atoms with van der Waals surface area (Å²) in [4.78, 5) is 0. The van der Waals surface area contributed by atoms with Crippen LogP contribution in [0.15, 0.2) is 9.64 Å². The van der Waals surface area contributed by atoms with Crippen LogP contribution >= 0.6 is 11.8 Å². The third-order valence-corrected chi connectivity index (χ3v) is 1.20. The molecule has 0 aliphatic carbocycles. The minimum absolute atomic E-state index is 0.620. The number of nitrogens with zero attached hydrogens (tertiary/aromatic N) is 2. The summed E-state index contributed by atoms with van der Waals surface area (Å²) >= 11 is 1.45. The summed E-state index contributed by atoms with van der Waals surface area (Å²) in [6.07, 6.45) is 1.90. The number of thioether (sulfide) groups is 1. The van der Waals surface area contributed by atoms with Gasteiger partial charge in [-0.2, -0.15) is 0 Å². The van der Waals surface area contributed by atoms with Crippen molar-refractivity contribution < 1.29 is 4.42 Å². The molecule has 0 N–H and O–H groups in total. The molecule has 0 unspecified atom stereocenters. The Morgan fingerprint density at radius 3 is 2.50 bits per heavy atom. The Kier molecular flexibility index (Phi) is 1.53. The lowest BCUT2D eigenvalue weighted by Crippen LogP contribution is -1.67. The van der Waals surface area contributed by atoms with Crippen molar-refractivity contribution in [3.8, 4) is 0 Å². The molecule has 1 aromatic heterocycles. The molecule has 0 radical (unpaired) electrons. The van der Waals surface area contributed by atoms with Crippen LogP contribution in [-0.4, -0.2) is 16.5 Å². The molecule has 0 aliphatic heterocycles. The van der Waals surface area contributed by atoms with Gasteiger partial charge in [-0.05, 0) is 6.26 Å². The van der Waals surface area contributed by atoms with Crippen molar-refractivity contribution in [2.75, 3.05) is 6.26 Å². The maximum absolute atomic E-state index is 4.97. The average molecular weight is 130 g/mol. The molecule has 4 heteroatoms.